The van der Waals surface area contributed by atoms with Gasteiger partial charge in [0, 0.05) is 33.1 Å². The summed E-state index contributed by atoms with van der Waals surface area (Å²) in [5.41, 5.74) is 3.77. The molecular weight excluding hydrogens is 391 g/mol. The van der Waals surface area contributed by atoms with Gasteiger partial charge in [-0.25, -0.2) is 0 Å². The molecule has 0 bridgehead atoms. The van der Waals surface area contributed by atoms with E-state index in [1.54, 1.807) is 12.1 Å². The number of hydrogen-bond acceptors (Lipinski definition) is 1. The smallest absolute Gasteiger partial charge is 0.210 e. The topological polar surface area (TPSA) is 37.8 Å². The molecule has 28 heavy (non-hydrogen) atoms. The first-order valence-corrected chi connectivity index (χ1v) is 9.56. The van der Waals surface area contributed by atoms with E-state index in [2.05, 4.69) is 4.98 Å². The Labute approximate surface area is 171 Å². The number of nitrogens with zero attached hydrogens (tertiary/aromatic N) is 1. The summed E-state index contributed by atoms with van der Waals surface area (Å²) < 4.78 is 1.85. The maximum atomic E-state index is 13.5. The zero-order valence-electron chi connectivity index (χ0n) is 14.6. The second-order valence-electron chi connectivity index (χ2n) is 6.60. The summed E-state index contributed by atoms with van der Waals surface area (Å²) in [4.78, 5) is 16.9. The summed E-state index contributed by atoms with van der Waals surface area (Å²) in [6.45, 7) is 0. The van der Waals surface area contributed by atoms with E-state index >= 15 is 0 Å². The number of benzene rings is 3. The summed E-state index contributed by atoms with van der Waals surface area (Å²) in [5.74, 6) is -0.0635. The van der Waals surface area contributed by atoms with Crippen LogP contribution in [0, 0.1) is 0 Å². The van der Waals surface area contributed by atoms with Crippen molar-refractivity contribution in [1.29, 1.82) is 0 Å². The molecule has 0 aliphatic rings. The fourth-order valence-corrected chi connectivity index (χ4v) is 4.14. The fourth-order valence-electron chi connectivity index (χ4n) is 3.64. The van der Waals surface area contributed by atoms with E-state index in [0.717, 1.165) is 21.8 Å². The molecule has 5 heteroatoms. The lowest BCUT2D eigenvalue weighted by Gasteiger charge is -2.11. The van der Waals surface area contributed by atoms with Crippen LogP contribution in [0.1, 0.15) is 16.1 Å². The van der Waals surface area contributed by atoms with Gasteiger partial charge in [-0.2, -0.15) is 0 Å². The zero-order valence-corrected chi connectivity index (χ0v) is 16.1. The van der Waals surface area contributed by atoms with Gasteiger partial charge in [0.1, 0.15) is 5.69 Å². The van der Waals surface area contributed by atoms with Crippen LogP contribution < -0.4 is 0 Å². The number of H-pyrrole nitrogens is 1. The number of halogens is 2. The lowest BCUT2D eigenvalue weighted by molar-refractivity contribution is 0.103. The highest BCUT2D eigenvalue weighted by atomic mass is 35.5. The minimum absolute atomic E-state index is 0.0635. The minimum Gasteiger partial charge on any atom is -0.353 e. The summed E-state index contributed by atoms with van der Waals surface area (Å²) in [6, 6.07) is 22.5. The molecule has 2 heterocycles. The molecule has 0 unspecified atom stereocenters. The van der Waals surface area contributed by atoms with Crippen molar-refractivity contribution in [1.82, 2.24) is 9.55 Å². The second-order valence-corrected chi connectivity index (χ2v) is 7.44. The molecule has 3 nitrogen and oxygen atoms in total. The molecule has 3 aromatic carbocycles. The van der Waals surface area contributed by atoms with Crippen molar-refractivity contribution in [3.8, 4) is 5.69 Å². The van der Waals surface area contributed by atoms with Gasteiger partial charge < -0.3 is 9.55 Å². The average molecular weight is 405 g/mol. The molecule has 0 atom stereocenters. The predicted molar refractivity (Wildman–Crippen MR) is 115 cm³/mol. The largest absolute Gasteiger partial charge is 0.353 e. The molecule has 0 spiro atoms. The first-order chi connectivity index (χ1) is 13.6. The van der Waals surface area contributed by atoms with E-state index in [0.29, 0.717) is 27.0 Å². The van der Waals surface area contributed by atoms with Gasteiger partial charge in [-0.05, 0) is 24.3 Å². The van der Waals surface area contributed by atoms with Gasteiger partial charge >= 0.3 is 0 Å². The van der Waals surface area contributed by atoms with E-state index in [9.17, 15) is 4.79 Å². The Balaban J connectivity index is 1.87. The maximum absolute atomic E-state index is 13.5. The highest BCUT2D eigenvalue weighted by molar-refractivity contribution is 6.36. The number of hydrogen-bond donors (Lipinski definition) is 1. The first-order valence-electron chi connectivity index (χ1n) is 8.80. The fraction of sp³-hybridized carbons (Fsp3) is 0. The minimum atomic E-state index is -0.0635. The van der Waals surface area contributed by atoms with Crippen molar-refractivity contribution in [2.45, 2.75) is 0 Å². The van der Waals surface area contributed by atoms with E-state index in [1.807, 2.05) is 71.4 Å². The monoisotopic (exact) mass is 404 g/mol. The van der Waals surface area contributed by atoms with Crippen molar-refractivity contribution in [3.63, 3.8) is 0 Å². The van der Waals surface area contributed by atoms with E-state index in [4.69, 9.17) is 23.2 Å². The van der Waals surface area contributed by atoms with Gasteiger partial charge in [0.25, 0.3) is 0 Å². The number of fused-ring (bicyclic) bond motifs is 3. The summed E-state index contributed by atoms with van der Waals surface area (Å²) in [5, 5.41) is 2.92. The van der Waals surface area contributed by atoms with Crippen LogP contribution >= 0.6 is 23.2 Å². The molecule has 2 aromatic heterocycles. The number of aromatic nitrogens is 2. The quantitative estimate of drug-likeness (QED) is 0.335. The molecule has 0 fully saturated rings. The SMILES string of the molecule is O=C(c1ccccc1)c1c2c(cn1-c1ccc(Cl)cc1Cl)[nH]c1ccccc12. The number of nitrogens with one attached hydrogen (secondary N) is 1. The Hall–Kier alpha value is -3.01. The first kappa shape index (κ1) is 17.1. The number of carbonyl (C=O) groups is 1. The van der Waals surface area contributed by atoms with Crippen LogP contribution in [0.2, 0.25) is 10.0 Å². The maximum Gasteiger partial charge on any atom is 0.210 e. The molecule has 0 saturated heterocycles. The average Bonchev–Trinajstić information content (AvgIpc) is 3.24. The van der Waals surface area contributed by atoms with E-state index in [1.165, 1.54) is 0 Å². The number of rotatable bonds is 3. The number of aromatic amines is 1. The van der Waals surface area contributed by atoms with Gasteiger partial charge in [0.2, 0.25) is 5.78 Å². The van der Waals surface area contributed by atoms with Gasteiger partial charge in [-0.1, -0.05) is 71.7 Å². The van der Waals surface area contributed by atoms with Gasteiger partial charge in [0.05, 0.1) is 16.2 Å². The molecular formula is C23H14Cl2N2O. The summed E-state index contributed by atoms with van der Waals surface area (Å²) in [7, 11) is 0. The summed E-state index contributed by atoms with van der Waals surface area (Å²) >= 11 is 12.5. The van der Waals surface area contributed by atoms with Crippen LogP contribution in [0.3, 0.4) is 0 Å². The number of carbonyl (C=O) groups excluding carboxylic acids is 1. The van der Waals surface area contributed by atoms with Crippen LogP contribution in [0.4, 0.5) is 0 Å². The third kappa shape index (κ3) is 2.63. The van der Waals surface area contributed by atoms with Gasteiger partial charge in [0.15, 0.2) is 0 Å². The van der Waals surface area contributed by atoms with Gasteiger partial charge in [-0.3, -0.25) is 4.79 Å². The van der Waals surface area contributed by atoms with Crippen molar-refractivity contribution in [2.75, 3.05) is 0 Å². The summed E-state index contributed by atoms with van der Waals surface area (Å²) in [6.07, 6.45) is 1.92. The van der Waals surface area contributed by atoms with Crippen LogP contribution in [-0.4, -0.2) is 15.3 Å². The Morgan fingerprint density at radius 2 is 1.61 bits per heavy atom. The molecule has 5 aromatic rings. The number of para-hydroxylation sites is 1. The Morgan fingerprint density at radius 1 is 0.857 bits per heavy atom. The van der Waals surface area contributed by atoms with Crippen molar-refractivity contribution in [2.24, 2.45) is 0 Å². The number of ketones is 1. The van der Waals surface area contributed by atoms with Crippen molar-refractivity contribution in [3.05, 3.63) is 100 Å². The predicted octanol–water partition coefficient (Wildman–Crippen LogP) is 6.65. The molecule has 0 saturated carbocycles. The Bertz CT molecular complexity index is 1350. The molecule has 5 rings (SSSR count). The normalized spacial score (nSPS) is 11.4. The molecule has 0 aliphatic carbocycles. The van der Waals surface area contributed by atoms with Crippen molar-refractivity contribution < 1.29 is 4.79 Å². The van der Waals surface area contributed by atoms with Crippen LogP contribution in [0.15, 0.2) is 79.0 Å². The highest BCUT2D eigenvalue weighted by Gasteiger charge is 2.23. The van der Waals surface area contributed by atoms with Gasteiger partial charge in [-0.15, -0.1) is 0 Å². The Morgan fingerprint density at radius 3 is 2.39 bits per heavy atom. The van der Waals surface area contributed by atoms with E-state index in [-0.39, 0.29) is 5.78 Å². The lowest BCUT2D eigenvalue weighted by Crippen LogP contribution is -2.09. The molecule has 0 aliphatic heterocycles. The Kier molecular flexibility index (Phi) is 4.00. The third-order valence-corrected chi connectivity index (χ3v) is 5.43. The molecule has 1 N–H and O–H groups in total. The van der Waals surface area contributed by atoms with Crippen LogP contribution in [0.25, 0.3) is 27.5 Å². The standard InChI is InChI=1S/C23H14Cl2N2O/c24-15-10-11-20(17(25)12-15)27-13-19-21(16-8-4-5-9-18(16)26-19)22(27)23(28)14-6-2-1-3-7-14/h1-13,26H. The molecule has 0 radical (unpaired) electrons. The van der Waals surface area contributed by atoms with Crippen molar-refractivity contribution >= 4 is 50.8 Å². The highest BCUT2D eigenvalue weighted by Crippen LogP contribution is 2.35. The molecule has 0 amide bonds. The third-order valence-electron chi connectivity index (χ3n) is 4.89. The lowest BCUT2D eigenvalue weighted by atomic mass is 10.0. The van der Waals surface area contributed by atoms with E-state index < -0.39 is 0 Å². The molecule has 136 valence electrons. The zero-order chi connectivity index (χ0) is 19.3. The van der Waals surface area contributed by atoms with Crippen LogP contribution in [0.5, 0.6) is 0 Å². The second kappa shape index (κ2) is 6.55. The van der Waals surface area contributed by atoms with Crippen LogP contribution in [-0.2, 0) is 0 Å².